The number of nitrogen functional groups attached to an aromatic ring is 1. The number of phenolic OH excluding ortho intramolecular Hbond substituents is 1. The molecule has 0 atom stereocenters. The normalized spacial score (nSPS) is 10.7. The number of aromatic hydroxyl groups is 1. The number of carbonyl (C=O) groups excluding carboxylic acids is 1. The lowest BCUT2D eigenvalue weighted by Crippen LogP contribution is -1.99. The Morgan fingerprint density at radius 1 is 1.06 bits per heavy atom. The lowest BCUT2D eigenvalue weighted by Gasteiger charge is -2.00. The molecule has 0 heterocycles. The second-order valence-corrected chi connectivity index (χ2v) is 3.88. The highest BCUT2D eigenvalue weighted by molar-refractivity contribution is 6.10. The number of phenols is 1. The average molecular weight is 239 g/mol. The number of rotatable bonds is 3. The van der Waals surface area contributed by atoms with Crippen molar-refractivity contribution < 1.29 is 9.90 Å². The van der Waals surface area contributed by atoms with Gasteiger partial charge in [0.25, 0.3) is 0 Å². The van der Waals surface area contributed by atoms with Crippen LogP contribution in [0, 0.1) is 0 Å². The van der Waals surface area contributed by atoms with Gasteiger partial charge in [-0.3, -0.25) is 4.79 Å². The van der Waals surface area contributed by atoms with Crippen molar-refractivity contribution in [3.8, 4) is 5.75 Å². The van der Waals surface area contributed by atoms with Crippen LogP contribution in [0.4, 0.5) is 5.69 Å². The van der Waals surface area contributed by atoms with Crippen molar-refractivity contribution in [1.29, 1.82) is 0 Å². The van der Waals surface area contributed by atoms with Crippen molar-refractivity contribution in [2.24, 2.45) is 0 Å². The van der Waals surface area contributed by atoms with Gasteiger partial charge < -0.3 is 10.8 Å². The lowest BCUT2D eigenvalue weighted by molar-refractivity contribution is 0.104. The zero-order valence-electron chi connectivity index (χ0n) is 9.71. The van der Waals surface area contributed by atoms with E-state index < -0.39 is 0 Å². The predicted molar refractivity (Wildman–Crippen MR) is 72.3 cm³/mol. The monoisotopic (exact) mass is 239 g/mol. The van der Waals surface area contributed by atoms with E-state index >= 15 is 0 Å². The first-order valence-electron chi connectivity index (χ1n) is 5.53. The molecule has 18 heavy (non-hydrogen) atoms. The van der Waals surface area contributed by atoms with Crippen molar-refractivity contribution in [2.75, 3.05) is 5.73 Å². The number of carbonyl (C=O) groups is 1. The Balaban J connectivity index is 2.17. The molecule has 0 aliphatic rings. The van der Waals surface area contributed by atoms with Gasteiger partial charge in [0.1, 0.15) is 5.75 Å². The number of para-hydroxylation sites is 1. The third-order valence-corrected chi connectivity index (χ3v) is 2.55. The summed E-state index contributed by atoms with van der Waals surface area (Å²) in [6.07, 6.45) is 3.16. The van der Waals surface area contributed by atoms with Crippen molar-refractivity contribution in [2.45, 2.75) is 0 Å². The summed E-state index contributed by atoms with van der Waals surface area (Å²) in [4.78, 5) is 11.9. The molecule has 0 radical (unpaired) electrons. The highest BCUT2D eigenvalue weighted by atomic mass is 16.3. The molecule has 3 nitrogen and oxygen atoms in total. The summed E-state index contributed by atoms with van der Waals surface area (Å²) in [5.74, 6) is 0.0620. The molecule has 0 amide bonds. The fourth-order valence-corrected chi connectivity index (χ4v) is 1.57. The third-order valence-electron chi connectivity index (χ3n) is 2.55. The molecule has 0 aliphatic heterocycles. The molecule has 0 bridgehead atoms. The second kappa shape index (κ2) is 5.19. The number of benzene rings is 2. The molecule has 0 aliphatic carbocycles. The van der Waals surface area contributed by atoms with E-state index in [4.69, 9.17) is 10.8 Å². The van der Waals surface area contributed by atoms with Gasteiger partial charge in [0.05, 0.1) is 0 Å². The molecule has 0 aromatic heterocycles. The van der Waals surface area contributed by atoms with Crippen LogP contribution in [-0.4, -0.2) is 10.9 Å². The first kappa shape index (κ1) is 11.9. The summed E-state index contributed by atoms with van der Waals surface area (Å²) in [7, 11) is 0. The van der Waals surface area contributed by atoms with E-state index in [1.807, 2.05) is 0 Å². The molecule has 0 fully saturated rings. The highest BCUT2D eigenvalue weighted by Gasteiger charge is 2.04. The standard InChI is InChI=1S/C15H13NO2/c16-14-4-2-1-3-13(14)15(18)10-7-11-5-8-12(17)9-6-11/h1-10,17H,16H2/b10-7+. The minimum absolute atomic E-state index is 0.138. The smallest absolute Gasteiger partial charge is 0.187 e. The van der Waals surface area contributed by atoms with Crippen LogP contribution in [0.3, 0.4) is 0 Å². The van der Waals surface area contributed by atoms with Gasteiger partial charge >= 0.3 is 0 Å². The number of allylic oxidation sites excluding steroid dienone is 1. The fraction of sp³-hybridized carbons (Fsp3) is 0. The summed E-state index contributed by atoms with van der Waals surface area (Å²) in [6, 6.07) is 13.6. The molecule has 2 aromatic carbocycles. The highest BCUT2D eigenvalue weighted by Crippen LogP contribution is 2.14. The lowest BCUT2D eigenvalue weighted by atomic mass is 10.1. The molecular weight excluding hydrogens is 226 g/mol. The molecule has 2 aromatic rings. The average Bonchev–Trinajstić information content (AvgIpc) is 2.38. The van der Waals surface area contributed by atoms with E-state index in [1.165, 1.54) is 6.08 Å². The van der Waals surface area contributed by atoms with Gasteiger partial charge in [-0.2, -0.15) is 0 Å². The topological polar surface area (TPSA) is 63.3 Å². The SMILES string of the molecule is Nc1ccccc1C(=O)/C=C/c1ccc(O)cc1. The van der Waals surface area contributed by atoms with Crippen molar-refractivity contribution in [3.63, 3.8) is 0 Å². The summed E-state index contributed by atoms with van der Waals surface area (Å²) in [5, 5.41) is 9.14. The molecular formula is C15H13NO2. The molecule has 2 rings (SSSR count). The Bertz CT molecular complexity index is 586. The van der Waals surface area contributed by atoms with Crippen LogP contribution >= 0.6 is 0 Å². The minimum Gasteiger partial charge on any atom is -0.508 e. The largest absolute Gasteiger partial charge is 0.508 e. The third kappa shape index (κ3) is 2.77. The number of hydrogen-bond donors (Lipinski definition) is 2. The maximum Gasteiger partial charge on any atom is 0.187 e. The van der Waals surface area contributed by atoms with E-state index in [0.29, 0.717) is 11.3 Å². The zero-order chi connectivity index (χ0) is 13.0. The quantitative estimate of drug-likeness (QED) is 0.492. The maximum absolute atomic E-state index is 11.9. The van der Waals surface area contributed by atoms with E-state index in [9.17, 15) is 4.79 Å². The number of nitrogens with two attached hydrogens (primary N) is 1. The summed E-state index contributed by atoms with van der Waals surface area (Å²) >= 11 is 0. The van der Waals surface area contributed by atoms with Crippen LogP contribution in [0.5, 0.6) is 5.75 Å². The van der Waals surface area contributed by atoms with Crippen LogP contribution in [0.2, 0.25) is 0 Å². The number of ketones is 1. The van der Waals surface area contributed by atoms with E-state index in [2.05, 4.69) is 0 Å². The Hall–Kier alpha value is -2.55. The van der Waals surface area contributed by atoms with E-state index in [0.717, 1.165) is 5.56 Å². The Labute approximate surface area is 105 Å². The summed E-state index contributed by atoms with van der Waals surface area (Å²) in [5.41, 5.74) is 7.53. The van der Waals surface area contributed by atoms with E-state index in [-0.39, 0.29) is 11.5 Å². The molecule has 3 N–H and O–H groups in total. The molecule has 90 valence electrons. The van der Waals surface area contributed by atoms with Gasteiger partial charge in [0, 0.05) is 11.3 Å². The predicted octanol–water partition coefficient (Wildman–Crippen LogP) is 2.87. The molecule has 3 heteroatoms. The van der Waals surface area contributed by atoms with Crippen LogP contribution in [-0.2, 0) is 0 Å². The Kier molecular flexibility index (Phi) is 3.44. The maximum atomic E-state index is 11.9. The fourth-order valence-electron chi connectivity index (χ4n) is 1.57. The van der Waals surface area contributed by atoms with E-state index in [1.54, 1.807) is 54.6 Å². The second-order valence-electron chi connectivity index (χ2n) is 3.88. The Morgan fingerprint density at radius 2 is 1.72 bits per heavy atom. The minimum atomic E-state index is -0.138. The van der Waals surface area contributed by atoms with Gasteiger partial charge in [-0.15, -0.1) is 0 Å². The Morgan fingerprint density at radius 3 is 2.39 bits per heavy atom. The van der Waals surface area contributed by atoms with Gasteiger partial charge in [-0.1, -0.05) is 30.3 Å². The summed E-state index contributed by atoms with van der Waals surface area (Å²) in [6.45, 7) is 0. The number of anilines is 1. The van der Waals surface area contributed by atoms with Crippen LogP contribution in [0.25, 0.3) is 6.08 Å². The molecule has 0 saturated carbocycles. The van der Waals surface area contributed by atoms with Crippen molar-refractivity contribution >= 4 is 17.5 Å². The van der Waals surface area contributed by atoms with Gasteiger partial charge in [0.15, 0.2) is 5.78 Å². The van der Waals surface area contributed by atoms with Crippen molar-refractivity contribution in [3.05, 3.63) is 65.7 Å². The van der Waals surface area contributed by atoms with Gasteiger partial charge in [0.2, 0.25) is 0 Å². The van der Waals surface area contributed by atoms with Gasteiger partial charge in [-0.05, 0) is 35.9 Å². The van der Waals surface area contributed by atoms with Gasteiger partial charge in [-0.25, -0.2) is 0 Å². The van der Waals surface area contributed by atoms with Crippen molar-refractivity contribution in [1.82, 2.24) is 0 Å². The first-order chi connectivity index (χ1) is 8.66. The van der Waals surface area contributed by atoms with Crippen LogP contribution < -0.4 is 5.73 Å². The molecule has 0 saturated heterocycles. The molecule has 0 spiro atoms. The molecule has 0 unspecified atom stereocenters. The number of hydrogen-bond acceptors (Lipinski definition) is 3. The summed E-state index contributed by atoms with van der Waals surface area (Å²) < 4.78 is 0. The zero-order valence-corrected chi connectivity index (χ0v) is 9.71. The first-order valence-corrected chi connectivity index (χ1v) is 5.53. The van der Waals surface area contributed by atoms with Crippen LogP contribution in [0.15, 0.2) is 54.6 Å². The van der Waals surface area contributed by atoms with Crippen LogP contribution in [0.1, 0.15) is 15.9 Å².